The summed E-state index contributed by atoms with van der Waals surface area (Å²) < 4.78 is 38.4. The monoisotopic (exact) mass is 428 g/mol. The quantitative estimate of drug-likeness (QED) is 0.201. The Hall–Kier alpha value is -2.33. The molecule has 0 spiro atoms. The van der Waals surface area contributed by atoms with Crippen molar-refractivity contribution in [2.24, 2.45) is 0 Å². The summed E-state index contributed by atoms with van der Waals surface area (Å²) in [4.78, 5) is 0. The summed E-state index contributed by atoms with van der Waals surface area (Å²) in [6.07, 6.45) is -2.11. The lowest BCUT2D eigenvalue weighted by Gasteiger charge is -2.24. The first kappa shape index (κ1) is 19.6. The predicted octanol–water partition coefficient (Wildman–Crippen LogP) is -0.130. The molecule has 4 aromatic rings. The van der Waals surface area contributed by atoms with Gasteiger partial charge >= 0.3 is 0 Å². The van der Waals surface area contributed by atoms with Gasteiger partial charge in [-0.25, -0.2) is 0 Å². The molecule has 2 aliphatic rings. The molecule has 1 fully saturated rings. The molecule has 0 unspecified atom stereocenters. The summed E-state index contributed by atoms with van der Waals surface area (Å²) >= 11 is 0. The van der Waals surface area contributed by atoms with E-state index in [4.69, 9.17) is 23.4 Å². The van der Waals surface area contributed by atoms with Crippen molar-refractivity contribution >= 4 is 32.3 Å². The first-order chi connectivity index (χ1) is 14.2. The van der Waals surface area contributed by atoms with E-state index in [2.05, 4.69) is 48.5 Å². The van der Waals surface area contributed by atoms with Crippen molar-refractivity contribution in [2.45, 2.75) is 24.4 Å². The van der Waals surface area contributed by atoms with Gasteiger partial charge in [0.25, 0.3) is 0 Å². The lowest BCUT2D eigenvalue weighted by molar-refractivity contribution is -1.92. The molecule has 6 rings (SSSR count). The number of benzene rings is 4. The fourth-order valence-electron chi connectivity index (χ4n) is 4.42. The van der Waals surface area contributed by atoms with Crippen LogP contribution in [0.3, 0.4) is 0 Å². The molecule has 1 aliphatic carbocycles. The van der Waals surface area contributed by atoms with Gasteiger partial charge in [-0.05, 0) is 55.6 Å². The molecule has 4 aromatic carbocycles. The van der Waals surface area contributed by atoms with Gasteiger partial charge in [0, 0.05) is 0 Å². The maximum Gasteiger partial charge on any atom is 0.118 e. The van der Waals surface area contributed by atoms with Crippen molar-refractivity contribution < 1.29 is 43.8 Å². The topological polar surface area (TPSA) is 142 Å². The summed E-state index contributed by atoms with van der Waals surface area (Å²) in [6.45, 7) is 0. The Morgan fingerprint density at radius 1 is 0.767 bits per heavy atom. The summed E-state index contributed by atoms with van der Waals surface area (Å²) in [5.41, 5.74) is 1.83. The van der Waals surface area contributed by atoms with Crippen LogP contribution in [0.5, 0.6) is 0 Å². The van der Waals surface area contributed by atoms with E-state index in [1.54, 1.807) is 0 Å². The minimum absolute atomic E-state index is 0.107. The number of fused-ring (bicyclic) bond motifs is 8. The zero-order valence-corrected chi connectivity index (χ0v) is 16.2. The second-order valence-corrected chi connectivity index (χ2v) is 8.29. The summed E-state index contributed by atoms with van der Waals surface area (Å²) in [7, 11) is -4.69. The highest BCUT2D eigenvalue weighted by molar-refractivity contribution is 6.12. The molecular formula is C22H17ClO7. The van der Waals surface area contributed by atoms with Gasteiger partial charge in [-0.2, -0.15) is 14.0 Å². The van der Waals surface area contributed by atoms with Crippen LogP contribution in [0, 0.1) is 10.2 Å². The van der Waals surface area contributed by atoms with Gasteiger partial charge in [-0.1, -0.05) is 48.5 Å². The number of ether oxygens (including phenoxy) is 1. The third-order valence-corrected chi connectivity index (χ3v) is 5.75. The number of hydrogen-bond donors (Lipinski definition) is 3. The van der Waals surface area contributed by atoms with Crippen LogP contribution in [-0.4, -0.2) is 27.1 Å². The Morgan fingerprint density at radius 3 is 2.17 bits per heavy atom. The van der Waals surface area contributed by atoms with E-state index in [9.17, 15) is 10.2 Å². The average molecular weight is 429 g/mol. The molecule has 0 bridgehead atoms. The van der Waals surface area contributed by atoms with Crippen LogP contribution in [0.15, 0.2) is 60.7 Å². The van der Waals surface area contributed by atoms with Gasteiger partial charge in [0.2, 0.25) is 0 Å². The number of aliphatic hydroxyl groups excluding tert-OH is 2. The van der Waals surface area contributed by atoms with Crippen molar-refractivity contribution in [2.75, 3.05) is 0 Å². The molecule has 4 atom stereocenters. The van der Waals surface area contributed by atoms with Gasteiger partial charge in [-0.3, -0.25) is 0 Å². The number of aliphatic hydroxyl groups is 2. The molecule has 3 N–H and O–H groups in total. The Morgan fingerprint density at radius 2 is 1.40 bits per heavy atom. The van der Waals surface area contributed by atoms with Gasteiger partial charge in [0.1, 0.15) is 24.4 Å². The van der Waals surface area contributed by atoms with Crippen molar-refractivity contribution in [3.05, 3.63) is 71.8 Å². The van der Waals surface area contributed by atoms with Gasteiger partial charge in [0.05, 0.1) is 14.9 Å². The van der Waals surface area contributed by atoms with Crippen molar-refractivity contribution in [1.82, 2.24) is 0 Å². The minimum Gasteiger partial charge on any atom is -0.387 e. The third kappa shape index (κ3) is 3.31. The van der Waals surface area contributed by atoms with Crippen LogP contribution in [0.2, 0.25) is 0 Å². The Balaban J connectivity index is 0.000000349. The van der Waals surface area contributed by atoms with E-state index in [1.807, 2.05) is 12.1 Å². The predicted molar refractivity (Wildman–Crippen MR) is 99.8 cm³/mol. The van der Waals surface area contributed by atoms with Crippen LogP contribution in [0.1, 0.15) is 23.3 Å². The lowest BCUT2D eigenvalue weighted by Crippen LogP contribution is -2.58. The van der Waals surface area contributed by atoms with E-state index in [0.717, 1.165) is 21.9 Å². The largest absolute Gasteiger partial charge is 0.387 e. The summed E-state index contributed by atoms with van der Waals surface area (Å²) in [5, 5.41) is 27.7. The molecule has 0 saturated carbocycles. The van der Waals surface area contributed by atoms with Gasteiger partial charge < -0.3 is 14.9 Å². The molecule has 154 valence electrons. The lowest BCUT2D eigenvalue weighted by atomic mass is 9.83. The highest BCUT2D eigenvalue weighted by Crippen LogP contribution is 2.53. The highest BCUT2D eigenvalue weighted by atomic mass is 35.7. The van der Waals surface area contributed by atoms with Crippen LogP contribution in [0.4, 0.5) is 0 Å². The number of epoxide rings is 1. The molecule has 1 aliphatic heterocycles. The van der Waals surface area contributed by atoms with Crippen LogP contribution in [-0.2, 0) is 4.74 Å². The van der Waals surface area contributed by atoms with Crippen molar-refractivity contribution in [3.8, 4) is 0 Å². The third-order valence-electron chi connectivity index (χ3n) is 5.75. The molecule has 7 nitrogen and oxygen atoms in total. The smallest absolute Gasteiger partial charge is 0.118 e. The fraction of sp³-hybridized carbons (Fsp3) is 0.182. The second kappa shape index (κ2) is 6.84. The molecule has 1 heterocycles. The Labute approximate surface area is 172 Å². The first-order valence-corrected chi connectivity index (χ1v) is 10.5. The number of hydrogen-bond acceptors (Lipinski definition) is 7. The maximum absolute atomic E-state index is 10.4. The Bertz CT molecular complexity index is 1280. The van der Waals surface area contributed by atoms with Crippen molar-refractivity contribution in [3.63, 3.8) is 0 Å². The minimum atomic E-state index is -4.69. The molecule has 0 aromatic heterocycles. The zero-order chi connectivity index (χ0) is 21.2. The van der Waals surface area contributed by atoms with Crippen molar-refractivity contribution in [1.29, 1.82) is 0 Å². The zero-order valence-electron chi connectivity index (χ0n) is 15.4. The Kier molecular flexibility index (Phi) is 4.48. The highest BCUT2D eigenvalue weighted by Gasteiger charge is 2.54. The molecule has 8 heteroatoms. The first-order valence-electron chi connectivity index (χ1n) is 9.25. The standard InChI is InChI=1S/C22H16O3.ClHO4/c23-19-15-8-7-13-9-12-6-5-11-3-1-2-4-14(11)16(12)10-17(13)18(15)21-22(25-21)20(19)24;2-1(3,4)5/h1-10,19-24H;(H,2,3,4,5)/t19-,20+,21-,22+;/m0./s1. The summed E-state index contributed by atoms with van der Waals surface area (Å²) in [5.74, 6) is 0. The van der Waals surface area contributed by atoms with Gasteiger partial charge in [-0.15, -0.1) is 0 Å². The van der Waals surface area contributed by atoms with E-state index in [1.165, 1.54) is 21.5 Å². The maximum atomic E-state index is 10.4. The number of halogens is 1. The molecule has 30 heavy (non-hydrogen) atoms. The fourth-order valence-corrected chi connectivity index (χ4v) is 4.42. The van der Waals surface area contributed by atoms with E-state index in [0.29, 0.717) is 0 Å². The SMILES string of the molecule is O[C@H]1[C@H]2O[C@H]2c2c(ccc3cc4ccc5ccccc5c4cc23)[C@@H]1O.[O-][Cl+3]([O-])([O-])O. The molecular weight excluding hydrogens is 412 g/mol. The van der Waals surface area contributed by atoms with Crippen LogP contribution in [0.25, 0.3) is 32.3 Å². The molecule has 1 saturated heterocycles. The average Bonchev–Trinajstić information content (AvgIpc) is 3.49. The normalized spacial score (nSPS) is 24.9. The van der Waals surface area contributed by atoms with E-state index < -0.39 is 22.5 Å². The molecule has 0 radical (unpaired) electrons. The van der Waals surface area contributed by atoms with Crippen LogP contribution < -0.4 is 14.0 Å². The second-order valence-electron chi connectivity index (χ2n) is 7.50. The van der Waals surface area contributed by atoms with Gasteiger partial charge in [0.15, 0.2) is 0 Å². The molecule has 0 amide bonds. The van der Waals surface area contributed by atoms with E-state index >= 15 is 0 Å². The van der Waals surface area contributed by atoms with E-state index in [-0.39, 0.29) is 12.2 Å². The number of rotatable bonds is 0. The summed E-state index contributed by atoms with van der Waals surface area (Å²) in [6, 6.07) is 21.1. The van der Waals surface area contributed by atoms with Crippen LogP contribution >= 0.6 is 0 Å².